The van der Waals surface area contributed by atoms with Gasteiger partial charge in [-0.2, -0.15) is 4.31 Å². The van der Waals surface area contributed by atoms with E-state index in [4.69, 9.17) is 16.3 Å². The Morgan fingerprint density at radius 3 is 2.59 bits per heavy atom. The van der Waals surface area contributed by atoms with Gasteiger partial charge in [-0.15, -0.1) is 11.3 Å². The quantitative estimate of drug-likeness (QED) is 0.522. The van der Waals surface area contributed by atoms with Gasteiger partial charge < -0.3 is 4.74 Å². The van der Waals surface area contributed by atoms with Gasteiger partial charge in [0, 0.05) is 29.1 Å². The van der Waals surface area contributed by atoms with Gasteiger partial charge in [0.2, 0.25) is 10.0 Å². The summed E-state index contributed by atoms with van der Waals surface area (Å²) in [5, 5.41) is 5.60. The number of hydrogen-bond donors (Lipinski definition) is 1. The zero-order valence-electron chi connectivity index (χ0n) is 17.4. The van der Waals surface area contributed by atoms with Crippen LogP contribution in [0.4, 0.5) is 5.13 Å². The third-order valence-electron chi connectivity index (χ3n) is 5.10. The summed E-state index contributed by atoms with van der Waals surface area (Å²) in [5.74, 6) is 0.233. The molecule has 1 N–H and O–H groups in total. The number of aryl methyl sites for hydroxylation is 1. The van der Waals surface area contributed by atoms with E-state index < -0.39 is 10.0 Å². The van der Waals surface area contributed by atoms with E-state index in [-0.39, 0.29) is 17.4 Å². The number of aromatic nitrogens is 1. The van der Waals surface area contributed by atoms with Crippen molar-refractivity contribution < 1.29 is 17.9 Å². The van der Waals surface area contributed by atoms with Gasteiger partial charge in [-0.25, -0.2) is 13.4 Å². The topological polar surface area (TPSA) is 88.6 Å². The second kappa shape index (κ2) is 9.58. The van der Waals surface area contributed by atoms with Crippen molar-refractivity contribution in [3.05, 3.63) is 58.4 Å². The molecule has 168 valence electrons. The van der Waals surface area contributed by atoms with Crippen molar-refractivity contribution in [2.75, 3.05) is 25.0 Å². The van der Waals surface area contributed by atoms with E-state index in [9.17, 15) is 13.2 Å². The normalized spacial score (nSPS) is 14.4. The lowest BCUT2D eigenvalue weighted by Gasteiger charge is -2.15. The molecule has 10 heteroatoms. The molecule has 1 aliphatic heterocycles. The van der Waals surface area contributed by atoms with E-state index >= 15 is 0 Å². The van der Waals surface area contributed by atoms with Gasteiger partial charge in [-0.3, -0.25) is 10.1 Å². The van der Waals surface area contributed by atoms with Crippen molar-refractivity contribution >= 4 is 44.0 Å². The fraction of sp³-hybridized carbons (Fsp3) is 0.273. The summed E-state index contributed by atoms with van der Waals surface area (Å²) in [5.41, 5.74) is 2.30. The molecule has 1 amide bonds. The number of carbonyl (C=O) groups is 1. The minimum Gasteiger partial charge on any atom is -0.484 e. The van der Waals surface area contributed by atoms with Crippen LogP contribution in [0, 0.1) is 6.92 Å². The zero-order chi connectivity index (χ0) is 22.7. The summed E-state index contributed by atoms with van der Waals surface area (Å²) >= 11 is 7.28. The van der Waals surface area contributed by atoms with Crippen LogP contribution in [0.1, 0.15) is 18.4 Å². The van der Waals surface area contributed by atoms with Gasteiger partial charge >= 0.3 is 0 Å². The Balaban J connectivity index is 1.36. The smallest absolute Gasteiger partial charge is 0.264 e. The number of rotatable bonds is 7. The molecule has 1 aliphatic rings. The average Bonchev–Trinajstić information content (AvgIpc) is 3.47. The van der Waals surface area contributed by atoms with Gasteiger partial charge in [0.15, 0.2) is 11.7 Å². The Morgan fingerprint density at radius 2 is 1.91 bits per heavy atom. The molecule has 0 saturated carbocycles. The van der Waals surface area contributed by atoms with E-state index in [1.807, 2.05) is 12.3 Å². The van der Waals surface area contributed by atoms with Crippen molar-refractivity contribution in [3.63, 3.8) is 0 Å². The standard InChI is InChI=1S/C22H22ClN3O4S2/c1-15-12-17(6-9-19(15)23)30-13-21(27)25-22-24-20(14-31-22)16-4-7-18(8-5-16)32(28,29)26-10-2-3-11-26/h4-9,12,14H,2-3,10-11,13H2,1H3,(H,24,25,27). The molecule has 0 bridgehead atoms. The molecule has 0 atom stereocenters. The third-order valence-corrected chi connectivity index (χ3v) is 8.20. The van der Waals surface area contributed by atoms with Crippen LogP contribution in [0.5, 0.6) is 5.75 Å². The molecule has 4 rings (SSSR count). The maximum Gasteiger partial charge on any atom is 0.264 e. The molecule has 3 aromatic rings. The number of halogens is 1. The van der Waals surface area contributed by atoms with Gasteiger partial charge in [-0.05, 0) is 55.7 Å². The van der Waals surface area contributed by atoms with Crippen molar-refractivity contribution in [1.29, 1.82) is 0 Å². The molecule has 2 heterocycles. The maximum atomic E-state index is 12.7. The Bertz CT molecular complexity index is 1220. The molecule has 0 aliphatic carbocycles. The molecule has 0 radical (unpaired) electrons. The Hall–Kier alpha value is -2.46. The van der Waals surface area contributed by atoms with Crippen LogP contribution in [0.2, 0.25) is 5.02 Å². The summed E-state index contributed by atoms with van der Waals surface area (Å²) in [4.78, 5) is 16.9. The van der Waals surface area contributed by atoms with Crippen molar-refractivity contribution in [2.24, 2.45) is 0 Å². The fourth-order valence-electron chi connectivity index (χ4n) is 3.35. The highest BCUT2D eigenvalue weighted by Gasteiger charge is 2.27. The minimum atomic E-state index is -3.45. The largest absolute Gasteiger partial charge is 0.484 e. The molecule has 1 aromatic heterocycles. The molecule has 32 heavy (non-hydrogen) atoms. The summed E-state index contributed by atoms with van der Waals surface area (Å²) in [6.07, 6.45) is 1.80. The molecule has 2 aromatic carbocycles. The van der Waals surface area contributed by atoms with E-state index in [0.29, 0.717) is 34.7 Å². The summed E-state index contributed by atoms with van der Waals surface area (Å²) < 4.78 is 32.3. The molecule has 1 saturated heterocycles. The first-order chi connectivity index (χ1) is 15.3. The first-order valence-corrected chi connectivity index (χ1v) is 12.8. The average molecular weight is 492 g/mol. The number of amides is 1. The SMILES string of the molecule is Cc1cc(OCC(=O)Nc2nc(-c3ccc(S(=O)(=O)N4CCCC4)cc3)cs2)ccc1Cl. The number of carbonyl (C=O) groups excluding carboxylic acids is 1. The molecule has 0 spiro atoms. The minimum absolute atomic E-state index is 0.154. The lowest BCUT2D eigenvalue weighted by Crippen LogP contribution is -2.27. The number of benzene rings is 2. The first kappa shape index (κ1) is 22.7. The summed E-state index contributed by atoms with van der Waals surface area (Å²) in [7, 11) is -3.45. The lowest BCUT2D eigenvalue weighted by atomic mass is 10.2. The fourth-order valence-corrected chi connectivity index (χ4v) is 5.72. The number of thiazole rings is 1. The number of nitrogens with one attached hydrogen (secondary N) is 1. The number of nitrogens with zero attached hydrogens (tertiary/aromatic N) is 2. The Labute approximate surface area is 196 Å². The zero-order valence-corrected chi connectivity index (χ0v) is 19.8. The van der Waals surface area contributed by atoms with E-state index in [2.05, 4.69) is 10.3 Å². The number of hydrogen-bond acceptors (Lipinski definition) is 6. The highest BCUT2D eigenvalue weighted by Crippen LogP contribution is 2.28. The predicted octanol–water partition coefficient (Wildman–Crippen LogP) is 4.57. The second-order valence-corrected chi connectivity index (χ2v) is 10.6. The van der Waals surface area contributed by atoms with Crippen molar-refractivity contribution in [1.82, 2.24) is 9.29 Å². The van der Waals surface area contributed by atoms with Crippen LogP contribution >= 0.6 is 22.9 Å². The van der Waals surface area contributed by atoms with Crippen LogP contribution in [-0.2, 0) is 14.8 Å². The van der Waals surface area contributed by atoms with E-state index in [1.54, 1.807) is 42.5 Å². The highest BCUT2D eigenvalue weighted by atomic mass is 35.5. The van der Waals surface area contributed by atoms with Crippen molar-refractivity contribution in [3.8, 4) is 17.0 Å². The molecule has 7 nitrogen and oxygen atoms in total. The Kier molecular flexibility index (Phi) is 6.80. The van der Waals surface area contributed by atoms with Crippen LogP contribution in [0.25, 0.3) is 11.3 Å². The van der Waals surface area contributed by atoms with Crippen LogP contribution in [0.15, 0.2) is 52.7 Å². The molecule has 1 fully saturated rings. The van der Waals surface area contributed by atoms with Crippen LogP contribution < -0.4 is 10.1 Å². The third kappa shape index (κ3) is 5.12. The molecular formula is C22H22ClN3O4S2. The monoisotopic (exact) mass is 491 g/mol. The predicted molar refractivity (Wildman–Crippen MR) is 126 cm³/mol. The molecule has 0 unspecified atom stereocenters. The van der Waals surface area contributed by atoms with Crippen LogP contribution in [0.3, 0.4) is 0 Å². The van der Waals surface area contributed by atoms with Gasteiger partial charge in [0.05, 0.1) is 10.6 Å². The lowest BCUT2D eigenvalue weighted by molar-refractivity contribution is -0.118. The van der Waals surface area contributed by atoms with Crippen molar-refractivity contribution in [2.45, 2.75) is 24.7 Å². The number of sulfonamides is 1. The van der Waals surface area contributed by atoms with E-state index in [0.717, 1.165) is 24.0 Å². The summed E-state index contributed by atoms with van der Waals surface area (Å²) in [6, 6.07) is 11.9. The van der Waals surface area contributed by atoms with E-state index in [1.165, 1.54) is 15.6 Å². The number of ether oxygens (including phenoxy) is 1. The van der Waals surface area contributed by atoms with Gasteiger partial charge in [-0.1, -0.05) is 23.7 Å². The number of anilines is 1. The van der Waals surface area contributed by atoms with Gasteiger partial charge in [0.1, 0.15) is 5.75 Å². The first-order valence-electron chi connectivity index (χ1n) is 10.1. The van der Waals surface area contributed by atoms with Crippen LogP contribution in [-0.4, -0.2) is 43.3 Å². The van der Waals surface area contributed by atoms with Gasteiger partial charge in [0.25, 0.3) is 5.91 Å². The molecular weight excluding hydrogens is 470 g/mol. The maximum absolute atomic E-state index is 12.7. The highest BCUT2D eigenvalue weighted by molar-refractivity contribution is 7.89. The summed E-state index contributed by atoms with van der Waals surface area (Å²) in [6.45, 7) is 2.85. The Morgan fingerprint density at radius 1 is 1.19 bits per heavy atom. The second-order valence-electron chi connectivity index (χ2n) is 7.42.